The Labute approximate surface area is 128 Å². The van der Waals surface area contributed by atoms with Crippen molar-refractivity contribution in [3.8, 4) is 0 Å². The normalized spacial score (nSPS) is 21.8. The van der Waals surface area contributed by atoms with E-state index >= 15 is 0 Å². The van der Waals surface area contributed by atoms with Crippen LogP contribution in [0.5, 0.6) is 0 Å². The molecule has 0 amide bonds. The van der Waals surface area contributed by atoms with Gasteiger partial charge in [-0.25, -0.2) is 0 Å². The number of hydrogen-bond acceptors (Lipinski definition) is 3. The van der Waals surface area contributed by atoms with Crippen molar-refractivity contribution in [2.45, 2.75) is 51.5 Å². The highest BCUT2D eigenvalue weighted by Gasteiger charge is 2.28. The molecule has 1 aromatic rings. The number of rotatable bonds is 5. The smallest absolute Gasteiger partial charge is 0.168 e. The maximum atomic E-state index is 6.36. The van der Waals surface area contributed by atoms with Gasteiger partial charge in [-0.2, -0.15) is 0 Å². The largest absolute Gasteiger partial charge is 0.345 e. The molecule has 0 aromatic heterocycles. The maximum absolute atomic E-state index is 6.36. The molecule has 0 N–H and O–H groups in total. The monoisotopic (exact) mass is 288 g/mol. The van der Waals surface area contributed by atoms with E-state index in [1.54, 1.807) is 0 Å². The lowest BCUT2D eigenvalue weighted by Gasteiger charge is -2.42. The van der Waals surface area contributed by atoms with Crippen LogP contribution in [0.3, 0.4) is 0 Å². The summed E-state index contributed by atoms with van der Waals surface area (Å²) in [6.07, 6.45) is 8.21. The molecular weight excluding hydrogens is 260 g/mol. The van der Waals surface area contributed by atoms with Gasteiger partial charge in [0.15, 0.2) is 6.35 Å². The molecule has 2 aliphatic heterocycles. The Morgan fingerprint density at radius 2 is 1.29 bits per heavy atom. The van der Waals surface area contributed by atoms with Gasteiger partial charge in [0, 0.05) is 26.2 Å². The molecule has 3 heteroatoms. The summed E-state index contributed by atoms with van der Waals surface area (Å²) < 4.78 is 6.36. The van der Waals surface area contributed by atoms with E-state index < -0.39 is 0 Å². The second kappa shape index (κ2) is 7.92. The third kappa shape index (κ3) is 4.29. The van der Waals surface area contributed by atoms with Gasteiger partial charge in [0.25, 0.3) is 0 Å². The number of benzene rings is 1. The lowest BCUT2D eigenvalue weighted by molar-refractivity contribution is -0.169. The first-order valence-electron chi connectivity index (χ1n) is 8.57. The molecule has 0 spiro atoms. The average Bonchev–Trinajstić information content (AvgIpc) is 2.58. The summed E-state index contributed by atoms with van der Waals surface area (Å²) in [6.45, 7) is 5.48. The highest BCUT2D eigenvalue weighted by molar-refractivity contribution is 5.13. The molecule has 0 aliphatic carbocycles. The molecule has 21 heavy (non-hydrogen) atoms. The van der Waals surface area contributed by atoms with Crippen molar-refractivity contribution in [1.29, 1.82) is 0 Å². The summed E-state index contributed by atoms with van der Waals surface area (Å²) in [5.74, 6) is 0. The van der Waals surface area contributed by atoms with Crippen molar-refractivity contribution in [2.24, 2.45) is 0 Å². The first-order valence-corrected chi connectivity index (χ1v) is 8.57. The number of likely N-dealkylation sites (tertiary alicyclic amines) is 2. The molecule has 2 saturated heterocycles. The van der Waals surface area contributed by atoms with Gasteiger partial charge in [0.05, 0.1) is 6.61 Å². The van der Waals surface area contributed by atoms with Gasteiger partial charge in [-0.1, -0.05) is 43.2 Å². The third-order valence-electron chi connectivity index (χ3n) is 4.65. The fourth-order valence-corrected chi connectivity index (χ4v) is 3.47. The molecule has 3 rings (SSSR count). The van der Waals surface area contributed by atoms with E-state index in [0.29, 0.717) is 0 Å². The van der Waals surface area contributed by atoms with Crippen molar-refractivity contribution < 1.29 is 4.74 Å². The molecule has 2 aliphatic rings. The highest BCUT2D eigenvalue weighted by atomic mass is 16.5. The lowest BCUT2D eigenvalue weighted by Crippen LogP contribution is -2.53. The first-order chi connectivity index (χ1) is 10.4. The highest BCUT2D eigenvalue weighted by Crippen LogP contribution is 2.21. The van der Waals surface area contributed by atoms with E-state index in [-0.39, 0.29) is 6.35 Å². The van der Waals surface area contributed by atoms with Gasteiger partial charge in [-0.05, 0) is 31.2 Å². The van der Waals surface area contributed by atoms with Crippen molar-refractivity contribution >= 4 is 0 Å². The molecule has 3 nitrogen and oxygen atoms in total. The van der Waals surface area contributed by atoms with Crippen molar-refractivity contribution in [3.05, 3.63) is 35.9 Å². The lowest BCUT2D eigenvalue weighted by atomic mass is 10.1. The Kier molecular flexibility index (Phi) is 5.67. The van der Waals surface area contributed by atoms with Gasteiger partial charge < -0.3 is 4.74 Å². The second-order valence-electron chi connectivity index (χ2n) is 6.32. The Morgan fingerprint density at radius 1 is 0.762 bits per heavy atom. The van der Waals surface area contributed by atoms with Crippen molar-refractivity contribution in [3.63, 3.8) is 0 Å². The van der Waals surface area contributed by atoms with E-state index in [1.165, 1.54) is 70.3 Å². The predicted molar refractivity (Wildman–Crippen MR) is 85.9 cm³/mol. The molecule has 0 unspecified atom stereocenters. The fourth-order valence-electron chi connectivity index (χ4n) is 3.47. The summed E-state index contributed by atoms with van der Waals surface area (Å²) in [4.78, 5) is 5.11. The van der Waals surface area contributed by atoms with Crippen LogP contribution in [-0.2, 0) is 11.3 Å². The fraction of sp³-hybridized carbons (Fsp3) is 0.667. The zero-order valence-corrected chi connectivity index (χ0v) is 13.0. The quantitative estimate of drug-likeness (QED) is 0.825. The Hall–Kier alpha value is -0.900. The minimum atomic E-state index is 0.186. The standard InChI is InChI=1S/C18H28N2O/c1-4-10-17(11-5-1)16-21-18(19-12-6-2-7-13-19)20-14-8-3-9-15-20/h1,4-5,10-11,18H,2-3,6-9,12-16H2. The van der Waals surface area contributed by atoms with Crippen LogP contribution in [0, 0.1) is 0 Å². The zero-order chi connectivity index (χ0) is 14.3. The third-order valence-corrected chi connectivity index (χ3v) is 4.65. The number of hydrogen-bond donors (Lipinski definition) is 0. The van der Waals surface area contributed by atoms with E-state index in [4.69, 9.17) is 4.74 Å². The Morgan fingerprint density at radius 3 is 1.81 bits per heavy atom. The van der Waals surface area contributed by atoms with Crippen LogP contribution < -0.4 is 0 Å². The Balaban J connectivity index is 1.62. The van der Waals surface area contributed by atoms with E-state index in [9.17, 15) is 0 Å². The minimum Gasteiger partial charge on any atom is -0.345 e. The summed E-state index contributed by atoms with van der Waals surface area (Å²) >= 11 is 0. The maximum Gasteiger partial charge on any atom is 0.168 e. The van der Waals surface area contributed by atoms with E-state index in [0.717, 1.165) is 6.61 Å². The second-order valence-corrected chi connectivity index (χ2v) is 6.32. The first kappa shape index (κ1) is 15.0. The molecule has 0 radical (unpaired) electrons. The number of ether oxygens (including phenoxy) is 1. The van der Waals surface area contributed by atoms with Gasteiger partial charge in [-0.15, -0.1) is 0 Å². The van der Waals surface area contributed by atoms with Crippen LogP contribution >= 0.6 is 0 Å². The summed E-state index contributed by atoms with van der Waals surface area (Å²) in [6, 6.07) is 10.6. The van der Waals surface area contributed by atoms with Gasteiger partial charge in [0.1, 0.15) is 0 Å². The van der Waals surface area contributed by atoms with Crippen LogP contribution in [0.25, 0.3) is 0 Å². The van der Waals surface area contributed by atoms with Gasteiger partial charge in [0.2, 0.25) is 0 Å². The van der Waals surface area contributed by atoms with Crippen molar-refractivity contribution in [1.82, 2.24) is 9.80 Å². The summed E-state index contributed by atoms with van der Waals surface area (Å²) in [5, 5.41) is 0. The minimum absolute atomic E-state index is 0.186. The van der Waals surface area contributed by atoms with Crippen LogP contribution in [0.15, 0.2) is 30.3 Å². The molecule has 0 saturated carbocycles. The number of piperidine rings is 2. The van der Waals surface area contributed by atoms with Crippen LogP contribution in [-0.4, -0.2) is 42.3 Å². The molecular formula is C18H28N2O. The van der Waals surface area contributed by atoms with Crippen molar-refractivity contribution in [2.75, 3.05) is 26.2 Å². The van der Waals surface area contributed by atoms with Crippen LogP contribution in [0.4, 0.5) is 0 Å². The molecule has 2 fully saturated rings. The summed E-state index contributed by atoms with van der Waals surface area (Å²) in [5.41, 5.74) is 1.27. The van der Waals surface area contributed by atoms with Crippen LogP contribution in [0.1, 0.15) is 44.1 Å². The predicted octanol–water partition coefficient (Wildman–Crippen LogP) is 3.46. The van der Waals surface area contributed by atoms with E-state index in [2.05, 4.69) is 40.1 Å². The SMILES string of the molecule is c1ccc(COC(N2CCCCC2)N2CCCCC2)cc1. The molecule has 116 valence electrons. The van der Waals surface area contributed by atoms with E-state index in [1.807, 2.05) is 0 Å². The topological polar surface area (TPSA) is 15.7 Å². The van der Waals surface area contributed by atoms with Gasteiger partial charge >= 0.3 is 0 Å². The molecule has 0 atom stereocenters. The molecule has 0 bridgehead atoms. The Bertz CT molecular complexity index is 379. The average molecular weight is 288 g/mol. The number of nitrogens with zero attached hydrogens (tertiary/aromatic N) is 2. The summed E-state index contributed by atoms with van der Waals surface area (Å²) in [7, 11) is 0. The molecule has 1 aromatic carbocycles. The van der Waals surface area contributed by atoms with Crippen LogP contribution in [0.2, 0.25) is 0 Å². The molecule has 2 heterocycles. The zero-order valence-electron chi connectivity index (χ0n) is 13.0. The van der Waals surface area contributed by atoms with Gasteiger partial charge in [-0.3, -0.25) is 9.80 Å².